The van der Waals surface area contributed by atoms with Crippen LogP contribution in [0.4, 0.5) is 0 Å². The summed E-state index contributed by atoms with van der Waals surface area (Å²) in [5.41, 5.74) is 3.81. The molecule has 0 aromatic heterocycles. The number of methoxy groups -OCH3 is 2. The number of aryl methyl sites for hydroxylation is 1. The quantitative estimate of drug-likeness (QED) is 0.531. The molecule has 0 bridgehead atoms. The lowest BCUT2D eigenvalue weighted by atomic mass is 9.95. The number of hydrogen-bond acceptors (Lipinski definition) is 6. The van der Waals surface area contributed by atoms with Crippen molar-refractivity contribution < 1.29 is 34.1 Å². The predicted molar refractivity (Wildman–Crippen MR) is 135 cm³/mol. The van der Waals surface area contributed by atoms with Gasteiger partial charge in [0, 0.05) is 26.7 Å². The average molecular weight is 501 g/mol. The summed E-state index contributed by atoms with van der Waals surface area (Å²) in [6, 6.07) is 14.5. The Balaban J connectivity index is 0.000000678. The molecule has 0 radical (unpaired) electrons. The summed E-state index contributed by atoms with van der Waals surface area (Å²) in [5, 5.41) is 14.8. The van der Waals surface area contributed by atoms with Gasteiger partial charge in [-0.1, -0.05) is 30.3 Å². The van der Waals surface area contributed by atoms with E-state index in [1.807, 2.05) is 30.1 Å². The maximum Gasteiger partial charge on any atom is 0.414 e. The maximum absolute atomic E-state index is 13.1. The minimum atomic E-state index is -1.82. The molecule has 1 saturated heterocycles. The van der Waals surface area contributed by atoms with E-state index in [9.17, 15) is 4.79 Å². The van der Waals surface area contributed by atoms with Gasteiger partial charge < -0.3 is 24.6 Å². The van der Waals surface area contributed by atoms with Crippen molar-refractivity contribution in [1.29, 1.82) is 0 Å². The van der Waals surface area contributed by atoms with Crippen LogP contribution in [0, 0.1) is 12.8 Å². The van der Waals surface area contributed by atoms with E-state index < -0.39 is 11.9 Å². The molecule has 9 heteroatoms. The van der Waals surface area contributed by atoms with Gasteiger partial charge in [-0.25, -0.2) is 9.59 Å². The number of likely N-dealkylation sites (tertiary alicyclic amines) is 1. The van der Waals surface area contributed by atoms with Crippen molar-refractivity contribution in [1.82, 2.24) is 9.80 Å². The molecule has 2 aromatic rings. The van der Waals surface area contributed by atoms with Gasteiger partial charge in [0.05, 0.1) is 20.1 Å². The smallest absolute Gasteiger partial charge is 0.414 e. The van der Waals surface area contributed by atoms with Crippen molar-refractivity contribution in [3.8, 4) is 11.5 Å². The number of nitrogens with zero attached hydrogens (tertiary/aromatic N) is 2. The van der Waals surface area contributed by atoms with Crippen LogP contribution in [0.3, 0.4) is 0 Å². The minimum Gasteiger partial charge on any atom is -0.493 e. The largest absolute Gasteiger partial charge is 0.493 e. The molecular formula is C27H36N2O7. The summed E-state index contributed by atoms with van der Waals surface area (Å²) in [5.74, 6) is -1.86. The van der Waals surface area contributed by atoms with E-state index in [1.165, 1.54) is 11.1 Å². The van der Waals surface area contributed by atoms with Gasteiger partial charge in [-0.3, -0.25) is 9.69 Å². The molecule has 1 heterocycles. The Morgan fingerprint density at radius 1 is 1.03 bits per heavy atom. The number of aliphatic carboxylic acids is 2. The highest BCUT2D eigenvalue weighted by Gasteiger charge is 2.28. The SMILES string of the molecule is COc1ccc(CCN(C)C(=O)C2CCCN(Cc3ccccc3C)C2)cc1OC.O=C(O)C(=O)O. The Morgan fingerprint density at radius 2 is 1.69 bits per heavy atom. The molecule has 0 saturated carbocycles. The molecule has 1 aliphatic rings. The summed E-state index contributed by atoms with van der Waals surface area (Å²) in [4.78, 5) is 35.6. The highest BCUT2D eigenvalue weighted by Crippen LogP contribution is 2.28. The zero-order valence-electron chi connectivity index (χ0n) is 21.4. The summed E-state index contributed by atoms with van der Waals surface area (Å²) in [6.07, 6.45) is 2.85. The second-order valence-electron chi connectivity index (χ2n) is 8.81. The van der Waals surface area contributed by atoms with Crippen LogP contribution in [-0.4, -0.2) is 78.8 Å². The standard InChI is InChI=1S/C25H34N2O3.C2H2O4/c1-19-8-5-6-9-21(19)17-27-14-7-10-22(18-27)25(28)26(2)15-13-20-11-12-23(29-3)24(16-20)30-4;3-1(4)2(5)6/h5-6,8-9,11-12,16,22H,7,10,13-15,17-18H2,1-4H3;(H,3,4)(H,5,6). The van der Waals surface area contributed by atoms with Crippen molar-refractivity contribution in [3.05, 3.63) is 59.2 Å². The molecule has 2 N–H and O–H groups in total. The molecule has 9 nitrogen and oxygen atoms in total. The highest BCUT2D eigenvalue weighted by atomic mass is 16.5. The summed E-state index contributed by atoms with van der Waals surface area (Å²) < 4.78 is 10.7. The van der Waals surface area contributed by atoms with Crippen LogP contribution in [0.2, 0.25) is 0 Å². The average Bonchev–Trinajstić information content (AvgIpc) is 2.88. The molecule has 0 aliphatic carbocycles. The van der Waals surface area contributed by atoms with Gasteiger partial charge in [-0.2, -0.15) is 0 Å². The lowest BCUT2D eigenvalue weighted by Gasteiger charge is -2.34. The number of carbonyl (C=O) groups excluding carboxylic acids is 1. The predicted octanol–water partition coefficient (Wildman–Crippen LogP) is 3.08. The lowest BCUT2D eigenvalue weighted by molar-refractivity contribution is -0.159. The monoisotopic (exact) mass is 500 g/mol. The number of benzene rings is 2. The van der Waals surface area contributed by atoms with E-state index in [0.29, 0.717) is 6.54 Å². The molecule has 1 unspecified atom stereocenters. The maximum atomic E-state index is 13.1. The number of piperidine rings is 1. The highest BCUT2D eigenvalue weighted by molar-refractivity contribution is 6.27. The Morgan fingerprint density at radius 3 is 2.31 bits per heavy atom. The number of carboxylic acid groups (broad SMARTS) is 2. The van der Waals surface area contributed by atoms with Gasteiger partial charge in [0.15, 0.2) is 11.5 Å². The summed E-state index contributed by atoms with van der Waals surface area (Å²) in [6.45, 7) is 5.68. The minimum absolute atomic E-state index is 0.0816. The second-order valence-corrected chi connectivity index (χ2v) is 8.81. The van der Waals surface area contributed by atoms with Gasteiger partial charge in [0.1, 0.15) is 0 Å². The van der Waals surface area contributed by atoms with Crippen LogP contribution in [0.1, 0.15) is 29.5 Å². The first-order valence-corrected chi connectivity index (χ1v) is 11.8. The first-order valence-electron chi connectivity index (χ1n) is 11.8. The number of likely N-dealkylation sites (N-methyl/N-ethyl adjacent to an activating group) is 1. The van der Waals surface area contributed by atoms with Crippen LogP contribution in [0.25, 0.3) is 0 Å². The van der Waals surface area contributed by atoms with Crippen molar-refractivity contribution in [2.45, 2.75) is 32.7 Å². The number of carbonyl (C=O) groups is 3. The summed E-state index contributed by atoms with van der Waals surface area (Å²) in [7, 11) is 5.20. The van der Waals surface area contributed by atoms with E-state index in [1.54, 1.807) is 14.2 Å². The Labute approximate surface area is 212 Å². The zero-order valence-corrected chi connectivity index (χ0v) is 21.4. The Hall–Kier alpha value is -3.59. The van der Waals surface area contributed by atoms with Crippen LogP contribution >= 0.6 is 0 Å². The number of hydrogen-bond donors (Lipinski definition) is 2. The molecule has 0 spiro atoms. The third-order valence-corrected chi connectivity index (χ3v) is 6.25. The molecule has 1 atom stereocenters. The van der Waals surface area contributed by atoms with Gasteiger partial charge in [0.25, 0.3) is 0 Å². The fourth-order valence-corrected chi connectivity index (χ4v) is 4.18. The zero-order chi connectivity index (χ0) is 26.7. The molecule has 1 fully saturated rings. The Kier molecular flexibility index (Phi) is 11.2. The van der Waals surface area contributed by atoms with E-state index in [-0.39, 0.29) is 11.8 Å². The molecular weight excluding hydrogens is 464 g/mol. The first kappa shape index (κ1) is 28.6. The van der Waals surface area contributed by atoms with Crippen molar-refractivity contribution in [2.24, 2.45) is 5.92 Å². The van der Waals surface area contributed by atoms with Crippen LogP contribution in [0.5, 0.6) is 11.5 Å². The van der Waals surface area contributed by atoms with Gasteiger partial charge in [-0.15, -0.1) is 0 Å². The number of rotatable bonds is 8. The fraction of sp³-hybridized carbons (Fsp3) is 0.444. The third kappa shape index (κ3) is 8.57. The van der Waals surface area contributed by atoms with Gasteiger partial charge >= 0.3 is 11.9 Å². The second kappa shape index (κ2) is 14.1. The topological polar surface area (TPSA) is 117 Å². The molecule has 3 rings (SSSR count). The van der Waals surface area contributed by atoms with Gasteiger partial charge in [-0.05, 0) is 61.6 Å². The van der Waals surface area contributed by atoms with Crippen LogP contribution in [-0.2, 0) is 27.3 Å². The van der Waals surface area contributed by atoms with E-state index in [4.69, 9.17) is 29.3 Å². The van der Waals surface area contributed by atoms with Crippen molar-refractivity contribution in [3.63, 3.8) is 0 Å². The molecule has 2 aromatic carbocycles. The number of carboxylic acids is 2. The molecule has 1 aliphatic heterocycles. The third-order valence-electron chi connectivity index (χ3n) is 6.25. The summed E-state index contributed by atoms with van der Waals surface area (Å²) >= 11 is 0. The van der Waals surface area contributed by atoms with Crippen LogP contribution in [0.15, 0.2) is 42.5 Å². The van der Waals surface area contributed by atoms with Crippen molar-refractivity contribution in [2.75, 3.05) is 40.9 Å². The number of amides is 1. The first-order chi connectivity index (χ1) is 17.2. The number of ether oxygens (including phenoxy) is 2. The van der Waals surface area contributed by atoms with E-state index in [0.717, 1.165) is 56.0 Å². The van der Waals surface area contributed by atoms with Crippen LogP contribution < -0.4 is 9.47 Å². The van der Waals surface area contributed by atoms with E-state index in [2.05, 4.69) is 36.1 Å². The van der Waals surface area contributed by atoms with E-state index >= 15 is 0 Å². The normalized spacial score (nSPS) is 15.3. The lowest BCUT2D eigenvalue weighted by Crippen LogP contribution is -2.43. The van der Waals surface area contributed by atoms with Gasteiger partial charge in [0.2, 0.25) is 5.91 Å². The molecule has 1 amide bonds. The molecule has 196 valence electrons. The van der Waals surface area contributed by atoms with Crippen molar-refractivity contribution >= 4 is 17.8 Å². The Bertz CT molecular complexity index is 1030. The molecule has 36 heavy (non-hydrogen) atoms. The fourth-order valence-electron chi connectivity index (χ4n) is 4.18.